The van der Waals surface area contributed by atoms with E-state index in [9.17, 15) is 5.11 Å². The highest BCUT2D eigenvalue weighted by molar-refractivity contribution is 6.51. The lowest BCUT2D eigenvalue weighted by atomic mass is 10.1. The molecule has 0 aliphatic rings. The Morgan fingerprint density at radius 1 is 1.12 bits per heavy atom. The van der Waals surface area contributed by atoms with Gasteiger partial charge < -0.3 is 5.11 Å². The van der Waals surface area contributed by atoms with E-state index in [1.54, 1.807) is 36.7 Å². The zero-order valence-electron chi connectivity index (χ0n) is 8.47. The minimum absolute atomic E-state index is 0.217. The topological polar surface area (TPSA) is 33.1 Å². The Hall–Kier alpha value is -1.80. The number of benzene rings is 1. The number of phenols is 1. The fraction of sp³-hybridized carbons (Fsp3) is 0. The number of aromatic hydroxyl groups is 1. The quantitative estimate of drug-likeness (QED) is 0.858. The van der Waals surface area contributed by atoms with Crippen molar-refractivity contribution < 1.29 is 5.11 Å². The number of halogens is 1. The van der Waals surface area contributed by atoms with Gasteiger partial charge in [0, 0.05) is 23.0 Å². The van der Waals surface area contributed by atoms with Crippen molar-refractivity contribution in [2.75, 3.05) is 0 Å². The molecule has 1 aromatic heterocycles. The van der Waals surface area contributed by atoms with E-state index in [-0.39, 0.29) is 5.75 Å². The van der Waals surface area contributed by atoms with Gasteiger partial charge in [0.15, 0.2) is 0 Å². The highest BCUT2D eigenvalue weighted by Crippen LogP contribution is 2.25. The molecule has 1 heterocycles. The van der Waals surface area contributed by atoms with Gasteiger partial charge in [-0.2, -0.15) is 0 Å². The van der Waals surface area contributed by atoms with Crippen molar-refractivity contribution >= 4 is 22.7 Å². The summed E-state index contributed by atoms with van der Waals surface area (Å²) < 4.78 is 0. The van der Waals surface area contributed by atoms with E-state index >= 15 is 0 Å². The van der Waals surface area contributed by atoms with Gasteiger partial charge >= 0.3 is 0 Å². The molecule has 0 aliphatic heterocycles. The number of aromatic nitrogens is 1. The van der Waals surface area contributed by atoms with E-state index in [0.29, 0.717) is 10.6 Å². The molecule has 0 saturated heterocycles. The highest BCUT2D eigenvalue weighted by atomic mass is 35.5. The molecule has 0 saturated carbocycles. The zero-order valence-corrected chi connectivity index (χ0v) is 9.22. The van der Waals surface area contributed by atoms with Gasteiger partial charge in [0.05, 0.1) is 0 Å². The summed E-state index contributed by atoms with van der Waals surface area (Å²) in [6.07, 6.45) is 5.08. The number of hydrogen-bond acceptors (Lipinski definition) is 2. The first-order chi connectivity index (χ1) is 7.77. The lowest BCUT2D eigenvalue weighted by molar-refractivity contribution is 0.474. The Kier molecular flexibility index (Phi) is 3.22. The molecule has 2 rings (SSSR count). The Balaban J connectivity index is 2.36. The van der Waals surface area contributed by atoms with Crippen LogP contribution < -0.4 is 0 Å². The van der Waals surface area contributed by atoms with Gasteiger partial charge in [0.2, 0.25) is 0 Å². The van der Waals surface area contributed by atoms with Crippen molar-refractivity contribution in [3.63, 3.8) is 0 Å². The van der Waals surface area contributed by atoms with Gasteiger partial charge in [-0.15, -0.1) is 0 Å². The van der Waals surface area contributed by atoms with Gasteiger partial charge in [-0.3, -0.25) is 4.98 Å². The van der Waals surface area contributed by atoms with E-state index in [4.69, 9.17) is 11.6 Å². The maximum Gasteiger partial charge on any atom is 0.122 e. The second kappa shape index (κ2) is 4.81. The standard InChI is InChI=1S/C13H10ClNO/c14-12(10-5-7-15-8-6-10)9-11-3-1-2-4-13(11)16/h1-9,16H/b12-9+. The van der Waals surface area contributed by atoms with E-state index < -0.39 is 0 Å². The third-order valence-electron chi connectivity index (χ3n) is 2.18. The van der Waals surface area contributed by atoms with Gasteiger partial charge in [-0.1, -0.05) is 29.8 Å². The molecule has 2 aromatic rings. The molecule has 0 spiro atoms. The molecular formula is C13H10ClNO. The second-order valence-electron chi connectivity index (χ2n) is 3.29. The molecule has 3 heteroatoms. The summed E-state index contributed by atoms with van der Waals surface area (Å²) in [5.74, 6) is 0.217. The fourth-order valence-electron chi connectivity index (χ4n) is 1.34. The lowest BCUT2D eigenvalue weighted by Crippen LogP contribution is -1.79. The number of phenolic OH excluding ortho intramolecular Hbond substituents is 1. The number of pyridine rings is 1. The molecule has 80 valence electrons. The van der Waals surface area contributed by atoms with Gasteiger partial charge in [-0.05, 0) is 29.8 Å². The van der Waals surface area contributed by atoms with Gasteiger partial charge in [0.25, 0.3) is 0 Å². The van der Waals surface area contributed by atoms with Crippen molar-refractivity contribution in [1.29, 1.82) is 0 Å². The van der Waals surface area contributed by atoms with Crippen molar-refractivity contribution in [3.05, 3.63) is 59.9 Å². The maximum atomic E-state index is 9.59. The molecule has 1 aromatic carbocycles. The molecule has 0 radical (unpaired) electrons. The predicted molar refractivity (Wildman–Crippen MR) is 66.1 cm³/mol. The average Bonchev–Trinajstić information content (AvgIpc) is 2.33. The Labute approximate surface area is 98.8 Å². The van der Waals surface area contributed by atoms with Crippen LogP contribution in [-0.4, -0.2) is 10.1 Å². The Morgan fingerprint density at radius 2 is 1.81 bits per heavy atom. The van der Waals surface area contributed by atoms with Crippen molar-refractivity contribution in [2.24, 2.45) is 0 Å². The molecule has 0 atom stereocenters. The van der Waals surface area contributed by atoms with Crippen LogP contribution in [0.2, 0.25) is 0 Å². The zero-order chi connectivity index (χ0) is 11.4. The Bertz CT molecular complexity index is 508. The van der Waals surface area contributed by atoms with Crippen LogP contribution in [0.5, 0.6) is 5.75 Å². The van der Waals surface area contributed by atoms with Crippen LogP contribution in [0, 0.1) is 0 Å². The first-order valence-electron chi connectivity index (χ1n) is 4.83. The molecule has 0 unspecified atom stereocenters. The summed E-state index contributed by atoms with van der Waals surface area (Å²) in [6, 6.07) is 10.7. The van der Waals surface area contributed by atoms with Crippen molar-refractivity contribution in [2.45, 2.75) is 0 Å². The summed E-state index contributed by atoms with van der Waals surface area (Å²) in [7, 11) is 0. The van der Waals surface area contributed by atoms with Crippen LogP contribution in [0.1, 0.15) is 11.1 Å². The molecule has 0 amide bonds. The molecule has 0 aliphatic carbocycles. The summed E-state index contributed by atoms with van der Waals surface area (Å²) in [5, 5.41) is 10.2. The third-order valence-corrected chi connectivity index (χ3v) is 2.50. The largest absolute Gasteiger partial charge is 0.507 e. The van der Waals surface area contributed by atoms with Crippen LogP contribution in [0.4, 0.5) is 0 Å². The smallest absolute Gasteiger partial charge is 0.122 e. The summed E-state index contributed by atoms with van der Waals surface area (Å²) in [6.45, 7) is 0. The minimum atomic E-state index is 0.217. The van der Waals surface area contributed by atoms with E-state index in [1.807, 2.05) is 18.2 Å². The van der Waals surface area contributed by atoms with Gasteiger partial charge in [-0.25, -0.2) is 0 Å². The normalized spacial score (nSPS) is 11.4. The molecule has 16 heavy (non-hydrogen) atoms. The number of para-hydroxylation sites is 1. The monoisotopic (exact) mass is 231 g/mol. The lowest BCUT2D eigenvalue weighted by Gasteiger charge is -2.01. The predicted octanol–water partition coefficient (Wildman–Crippen LogP) is 3.52. The molecule has 2 nitrogen and oxygen atoms in total. The van der Waals surface area contributed by atoms with Crippen molar-refractivity contribution in [3.8, 4) is 5.75 Å². The van der Waals surface area contributed by atoms with Crippen LogP contribution in [-0.2, 0) is 0 Å². The number of nitrogens with zero attached hydrogens (tertiary/aromatic N) is 1. The molecule has 0 bridgehead atoms. The first-order valence-corrected chi connectivity index (χ1v) is 5.21. The molecule has 0 fully saturated rings. The fourth-order valence-corrected chi connectivity index (χ4v) is 1.58. The number of hydrogen-bond donors (Lipinski definition) is 1. The average molecular weight is 232 g/mol. The SMILES string of the molecule is Oc1ccccc1/C=C(/Cl)c1ccncc1. The van der Waals surface area contributed by atoms with Crippen LogP contribution in [0.15, 0.2) is 48.8 Å². The van der Waals surface area contributed by atoms with Crippen LogP contribution >= 0.6 is 11.6 Å². The highest BCUT2D eigenvalue weighted by Gasteiger charge is 2.00. The van der Waals surface area contributed by atoms with E-state index in [1.165, 1.54) is 0 Å². The Morgan fingerprint density at radius 3 is 2.50 bits per heavy atom. The first kappa shape index (κ1) is 10.7. The minimum Gasteiger partial charge on any atom is -0.507 e. The second-order valence-corrected chi connectivity index (χ2v) is 3.69. The van der Waals surface area contributed by atoms with Crippen LogP contribution in [0.25, 0.3) is 11.1 Å². The third kappa shape index (κ3) is 2.41. The molecule has 1 N–H and O–H groups in total. The summed E-state index contributed by atoms with van der Waals surface area (Å²) in [4.78, 5) is 3.92. The van der Waals surface area contributed by atoms with Crippen molar-refractivity contribution in [1.82, 2.24) is 4.98 Å². The summed E-state index contributed by atoms with van der Waals surface area (Å²) >= 11 is 6.13. The van der Waals surface area contributed by atoms with E-state index in [2.05, 4.69) is 4.98 Å². The molecular weight excluding hydrogens is 222 g/mol. The maximum absolute atomic E-state index is 9.59. The van der Waals surface area contributed by atoms with E-state index in [0.717, 1.165) is 5.56 Å². The number of rotatable bonds is 2. The summed E-state index contributed by atoms with van der Waals surface area (Å²) in [5.41, 5.74) is 1.57. The van der Waals surface area contributed by atoms with Gasteiger partial charge in [0.1, 0.15) is 5.75 Å². The van der Waals surface area contributed by atoms with Crippen LogP contribution in [0.3, 0.4) is 0 Å².